The molecule has 1 aromatic carbocycles. The summed E-state index contributed by atoms with van der Waals surface area (Å²) in [6.45, 7) is 0. The van der Waals surface area contributed by atoms with E-state index in [1.54, 1.807) is 7.11 Å². The molecule has 0 atom stereocenters. The van der Waals surface area contributed by atoms with E-state index in [1.807, 2.05) is 12.1 Å². The van der Waals surface area contributed by atoms with Gasteiger partial charge in [-0.3, -0.25) is 0 Å². The largest absolute Gasteiger partial charge is 0.381 e. The van der Waals surface area contributed by atoms with Gasteiger partial charge in [0.2, 0.25) is 0 Å². The average molecular weight is 366 g/mol. The van der Waals surface area contributed by atoms with Crippen LogP contribution < -0.4 is 5.32 Å². The summed E-state index contributed by atoms with van der Waals surface area (Å²) in [5.41, 5.74) is 1.06. The monoisotopic (exact) mass is 365 g/mol. The average Bonchev–Trinajstić information content (AvgIpc) is 2.35. The summed E-state index contributed by atoms with van der Waals surface area (Å²) >= 11 is 8.49. The standard InChI is InChI=1S/C13H17ClINO/c1-17-11-5-3-10(4-6-11)16-13-8-9(15)2-7-12(13)14/h2,7-8,10-11,16H,3-6H2,1H3. The molecular formula is C13H17ClINO. The third kappa shape index (κ3) is 3.73. The zero-order chi connectivity index (χ0) is 12.3. The van der Waals surface area contributed by atoms with Crippen molar-refractivity contribution in [1.29, 1.82) is 0 Å². The first-order valence-corrected chi connectivity index (χ1v) is 7.39. The van der Waals surface area contributed by atoms with Crippen molar-refractivity contribution in [2.24, 2.45) is 0 Å². The smallest absolute Gasteiger partial charge is 0.0638 e. The van der Waals surface area contributed by atoms with Crippen LogP contribution in [-0.4, -0.2) is 19.3 Å². The summed E-state index contributed by atoms with van der Waals surface area (Å²) in [4.78, 5) is 0. The molecule has 2 nitrogen and oxygen atoms in total. The molecule has 0 aliphatic heterocycles. The number of hydrogen-bond acceptors (Lipinski definition) is 2. The predicted molar refractivity (Wildman–Crippen MR) is 80.8 cm³/mol. The molecule has 1 aromatic rings. The molecular weight excluding hydrogens is 349 g/mol. The van der Waals surface area contributed by atoms with Gasteiger partial charge < -0.3 is 10.1 Å². The van der Waals surface area contributed by atoms with Crippen LogP contribution in [0.2, 0.25) is 5.02 Å². The summed E-state index contributed by atoms with van der Waals surface area (Å²) in [7, 11) is 1.80. The molecule has 0 radical (unpaired) electrons. The van der Waals surface area contributed by atoms with Crippen LogP contribution in [0.4, 0.5) is 5.69 Å². The maximum atomic E-state index is 6.18. The van der Waals surface area contributed by atoms with E-state index in [4.69, 9.17) is 16.3 Å². The third-order valence-corrected chi connectivity index (χ3v) is 4.30. The van der Waals surface area contributed by atoms with Crippen molar-refractivity contribution >= 4 is 39.9 Å². The molecule has 0 unspecified atom stereocenters. The van der Waals surface area contributed by atoms with Gasteiger partial charge in [0.15, 0.2) is 0 Å². The molecule has 1 saturated carbocycles. The van der Waals surface area contributed by atoms with Crippen molar-refractivity contribution in [2.45, 2.75) is 37.8 Å². The minimum atomic E-state index is 0.444. The Kier molecular flexibility index (Phi) is 4.94. The first kappa shape index (κ1) is 13.4. The van der Waals surface area contributed by atoms with Crippen LogP contribution >= 0.6 is 34.2 Å². The van der Waals surface area contributed by atoms with Crippen molar-refractivity contribution in [3.8, 4) is 0 Å². The summed E-state index contributed by atoms with van der Waals surface area (Å²) < 4.78 is 6.59. The van der Waals surface area contributed by atoms with Gasteiger partial charge in [-0.1, -0.05) is 11.6 Å². The second-order valence-electron chi connectivity index (χ2n) is 4.48. The highest BCUT2D eigenvalue weighted by Gasteiger charge is 2.21. The predicted octanol–water partition coefficient (Wildman–Crippen LogP) is 4.31. The molecule has 0 heterocycles. The molecule has 1 fully saturated rings. The molecule has 2 rings (SSSR count). The third-order valence-electron chi connectivity index (χ3n) is 3.30. The minimum Gasteiger partial charge on any atom is -0.381 e. The molecule has 94 valence electrons. The Morgan fingerprint density at radius 2 is 2.00 bits per heavy atom. The zero-order valence-corrected chi connectivity index (χ0v) is 12.8. The second-order valence-corrected chi connectivity index (χ2v) is 6.13. The number of anilines is 1. The summed E-state index contributed by atoms with van der Waals surface area (Å²) in [6, 6.07) is 6.60. The highest BCUT2D eigenvalue weighted by molar-refractivity contribution is 14.1. The van der Waals surface area contributed by atoms with Gasteiger partial charge in [0.05, 0.1) is 16.8 Å². The van der Waals surface area contributed by atoms with Crippen molar-refractivity contribution < 1.29 is 4.74 Å². The number of nitrogens with one attached hydrogen (secondary N) is 1. The Hall–Kier alpha value is -0.0000000000000000555. The Morgan fingerprint density at radius 3 is 2.65 bits per heavy atom. The van der Waals surface area contributed by atoms with E-state index in [-0.39, 0.29) is 0 Å². The lowest BCUT2D eigenvalue weighted by Gasteiger charge is -2.29. The van der Waals surface area contributed by atoms with Crippen LogP contribution in [0.15, 0.2) is 18.2 Å². The molecule has 17 heavy (non-hydrogen) atoms. The van der Waals surface area contributed by atoms with Gasteiger partial charge in [-0.25, -0.2) is 0 Å². The van der Waals surface area contributed by atoms with E-state index in [2.05, 4.69) is 34.0 Å². The molecule has 1 aliphatic carbocycles. The lowest BCUT2D eigenvalue weighted by atomic mass is 9.93. The number of rotatable bonds is 3. The number of methoxy groups -OCH3 is 1. The summed E-state index contributed by atoms with van der Waals surface area (Å²) in [6.07, 6.45) is 5.02. The lowest BCUT2D eigenvalue weighted by molar-refractivity contribution is 0.0682. The Morgan fingerprint density at radius 1 is 1.29 bits per heavy atom. The fourth-order valence-corrected chi connectivity index (χ4v) is 2.93. The van der Waals surface area contributed by atoms with E-state index in [1.165, 1.54) is 3.57 Å². The second kappa shape index (κ2) is 6.25. The normalized spacial score (nSPS) is 24.6. The maximum absolute atomic E-state index is 6.18. The van der Waals surface area contributed by atoms with Crippen molar-refractivity contribution in [2.75, 3.05) is 12.4 Å². The number of benzene rings is 1. The van der Waals surface area contributed by atoms with Crippen LogP contribution in [-0.2, 0) is 4.74 Å². The molecule has 0 spiro atoms. The van der Waals surface area contributed by atoms with Gasteiger partial charge in [0.25, 0.3) is 0 Å². The molecule has 1 aliphatic rings. The van der Waals surface area contributed by atoms with Gasteiger partial charge in [0.1, 0.15) is 0 Å². The van der Waals surface area contributed by atoms with Crippen molar-refractivity contribution in [3.63, 3.8) is 0 Å². The van der Waals surface area contributed by atoms with Crippen LogP contribution in [0.25, 0.3) is 0 Å². The summed E-state index contributed by atoms with van der Waals surface area (Å²) in [5, 5.41) is 4.35. The SMILES string of the molecule is COC1CCC(Nc2cc(I)ccc2Cl)CC1. The molecule has 4 heteroatoms. The lowest BCUT2D eigenvalue weighted by Crippen LogP contribution is -2.29. The molecule has 0 amide bonds. The molecule has 1 N–H and O–H groups in total. The fourth-order valence-electron chi connectivity index (χ4n) is 2.27. The Bertz CT molecular complexity index is 378. The molecule has 0 aromatic heterocycles. The van der Waals surface area contributed by atoms with Gasteiger partial charge in [-0.2, -0.15) is 0 Å². The van der Waals surface area contributed by atoms with E-state index in [0.717, 1.165) is 36.4 Å². The van der Waals surface area contributed by atoms with Gasteiger partial charge in [-0.15, -0.1) is 0 Å². The first-order chi connectivity index (χ1) is 8.19. The van der Waals surface area contributed by atoms with Crippen LogP contribution in [0, 0.1) is 3.57 Å². The van der Waals surface area contributed by atoms with Crippen molar-refractivity contribution in [3.05, 3.63) is 26.8 Å². The van der Waals surface area contributed by atoms with Gasteiger partial charge in [0, 0.05) is 16.7 Å². The van der Waals surface area contributed by atoms with E-state index >= 15 is 0 Å². The highest BCUT2D eigenvalue weighted by atomic mass is 127. The zero-order valence-electron chi connectivity index (χ0n) is 9.88. The minimum absolute atomic E-state index is 0.444. The summed E-state index contributed by atoms with van der Waals surface area (Å²) in [5.74, 6) is 0. The first-order valence-electron chi connectivity index (χ1n) is 5.93. The Labute approximate surface area is 121 Å². The quantitative estimate of drug-likeness (QED) is 0.806. The topological polar surface area (TPSA) is 21.3 Å². The van der Waals surface area contributed by atoms with E-state index in [0.29, 0.717) is 12.1 Å². The highest BCUT2D eigenvalue weighted by Crippen LogP contribution is 2.28. The number of hydrogen-bond donors (Lipinski definition) is 1. The van der Waals surface area contributed by atoms with Crippen LogP contribution in [0.1, 0.15) is 25.7 Å². The van der Waals surface area contributed by atoms with E-state index in [9.17, 15) is 0 Å². The Balaban J connectivity index is 1.95. The van der Waals surface area contributed by atoms with E-state index < -0.39 is 0 Å². The van der Waals surface area contributed by atoms with Crippen molar-refractivity contribution in [1.82, 2.24) is 0 Å². The fraction of sp³-hybridized carbons (Fsp3) is 0.538. The molecule has 0 saturated heterocycles. The van der Waals surface area contributed by atoms with Crippen LogP contribution in [0.5, 0.6) is 0 Å². The van der Waals surface area contributed by atoms with Gasteiger partial charge >= 0.3 is 0 Å². The maximum Gasteiger partial charge on any atom is 0.0638 e. The van der Waals surface area contributed by atoms with Gasteiger partial charge in [-0.05, 0) is 66.5 Å². The molecule has 0 bridgehead atoms. The van der Waals surface area contributed by atoms with Crippen LogP contribution in [0.3, 0.4) is 0 Å². The number of ether oxygens (including phenoxy) is 1. The number of halogens is 2.